The minimum absolute atomic E-state index is 0.0275. The Labute approximate surface area is 105 Å². The Morgan fingerprint density at radius 3 is 2.29 bits per heavy atom. The van der Waals surface area contributed by atoms with Gasteiger partial charge < -0.3 is 15.4 Å². The van der Waals surface area contributed by atoms with Crippen molar-refractivity contribution in [2.75, 3.05) is 19.8 Å². The van der Waals surface area contributed by atoms with Gasteiger partial charge in [-0.15, -0.1) is 0 Å². The molecule has 0 aliphatic heterocycles. The fourth-order valence-corrected chi connectivity index (χ4v) is 1.42. The van der Waals surface area contributed by atoms with Gasteiger partial charge in [0.1, 0.15) is 0 Å². The number of carbonyl (C=O) groups is 1. The van der Waals surface area contributed by atoms with Crippen LogP contribution in [0.1, 0.15) is 41.5 Å². The average molecular weight is 244 g/mol. The van der Waals surface area contributed by atoms with E-state index in [2.05, 4.69) is 24.5 Å². The van der Waals surface area contributed by atoms with Crippen LogP contribution < -0.4 is 10.6 Å². The first kappa shape index (κ1) is 16.4. The predicted molar refractivity (Wildman–Crippen MR) is 71.0 cm³/mol. The topological polar surface area (TPSA) is 50.4 Å². The van der Waals surface area contributed by atoms with Crippen molar-refractivity contribution in [2.45, 2.75) is 53.1 Å². The summed E-state index contributed by atoms with van der Waals surface area (Å²) >= 11 is 0. The minimum atomic E-state index is -0.175. The van der Waals surface area contributed by atoms with Crippen LogP contribution in [0.15, 0.2) is 0 Å². The number of carbonyl (C=O) groups excluding carboxylic acids is 1. The summed E-state index contributed by atoms with van der Waals surface area (Å²) in [4.78, 5) is 11.6. The van der Waals surface area contributed by atoms with Crippen LogP contribution >= 0.6 is 0 Å². The van der Waals surface area contributed by atoms with Crippen LogP contribution in [0.4, 0.5) is 0 Å². The first-order valence-corrected chi connectivity index (χ1v) is 6.38. The highest BCUT2D eigenvalue weighted by atomic mass is 16.5. The summed E-state index contributed by atoms with van der Waals surface area (Å²) in [6.45, 7) is 13.9. The fraction of sp³-hybridized carbons (Fsp3) is 0.923. The molecule has 1 atom stereocenters. The predicted octanol–water partition coefficient (Wildman–Crippen LogP) is 1.55. The maximum Gasteiger partial charge on any atom is 0.234 e. The van der Waals surface area contributed by atoms with Gasteiger partial charge in [0.2, 0.25) is 5.91 Å². The van der Waals surface area contributed by atoms with E-state index in [1.54, 1.807) is 0 Å². The van der Waals surface area contributed by atoms with E-state index in [4.69, 9.17) is 4.74 Å². The minimum Gasteiger partial charge on any atom is -0.380 e. The normalized spacial score (nSPS) is 13.8. The van der Waals surface area contributed by atoms with Crippen molar-refractivity contribution in [3.63, 3.8) is 0 Å². The van der Waals surface area contributed by atoms with Crippen molar-refractivity contribution >= 4 is 5.91 Å². The monoisotopic (exact) mass is 244 g/mol. The third-order valence-electron chi connectivity index (χ3n) is 2.35. The molecule has 0 aromatic rings. The Hall–Kier alpha value is -0.610. The van der Waals surface area contributed by atoms with E-state index in [1.165, 1.54) is 0 Å². The van der Waals surface area contributed by atoms with Crippen molar-refractivity contribution in [3.05, 3.63) is 0 Å². The van der Waals surface area contributed by atoms with Crippen LogP contribution in [0.3, 0.4) is 0 Å². The molecule has 0 radical (unpaired) electrons. The van der Waals surface area contributed by atoms with Gasteiger partial charge in [0.25, 0.3) is 0 Å². The zero-order valence-electron chi connectivity index (χ0n) is 12.1. The largest absolute Gasteiger partial charge is 0.380 e. The van der Waals surface area contributed by atoms with Gasteiger partial charge in [-0.05, 0) is 33.6 Å². The summed E-state index contributed by atoms with van der Waals surface area (Å²) in [6, 6.07) is 0.223. The summed E-state index contributed by atoms with van der Waals surface area (Å²) in [7, 11) is 0. The Kier molecular flexibility index (Phi) is 7.39. The van der Waals surface area contributed by atoms with Crippen LogP contribution in [0.2, 0.25) is 0 Å². The molecule has 0 aromatic heterocycles. The highest BCUT2D eigenvalue weighted by Crippen LogP contribution is 2.02. The maximum absolute atomic E-state index is 11.6. The summed E-state index contributed by atoms with van der Waals surface area (Å²) in [5, 5.41) is 6.17. The van der Waals surface area contributed by atoms with E-state index in [-0.39, 0.29) is 17.5 Å². The van der Waals surface area contributed by atoms with Crippen molar-refractivity contribution in [1.82, 2.24) is 10.6 Å². The number of amides is 1. The van der Waals surface area contributed by atoms with E-state index in [0.29, 0.717) is 25.7 Å². The van der Waals surface area contributed by atoms with Gasteiger partial charge in [-0.2, -0.15) is 0 Å². The fourth-order valence-electron chi connectivity index (χ4n) is 1.42. The van der Waals surface area contributed by atoms with Crippen molar-refractivity contribution in [1.29, 1.82) is 0 Å². The quantitative estimate of drug-likeness (QED) is 0.714. The van der Waals surface area contributed by atoms with E-state index >= 15 is 0 Å². The van der Waals surface area contributed by atoms with Gasteiger partial charge in [0.05, 0.1) is 13.2 Å². The lowest BCUT2D eigenvalue weighted by Crippen LogP contribution is -2.48. The maximum atomic E-state index is 11.6. The van der Waals surface area contributed by atoms with Crippen molar-refractivity contribution in [3.8, 4) is 0 Å². The number of hydrogen-bond acceptors (Lipinski definition) is 3. The van der Waals surface area contributed by atoms with Crippen LogP contribution in [-0.4, -0.2) is 37.2 Å². The molecular formula is C13H28N2O2. The molecule has 1 unspecified atom stereocenters. The van der Waals surface area contributed by atoms with Gasteiger partial charge in [-0.1, -0.05) is 13.8 Å². The molecule has 2 N–H and O–H groups in total. The lowest BCUT2D eigenvalue weighted by molar-refractivity contribution is -0.121. The molecule has 1 amide bonds. The molecule has 0 rings (SSSR count). The Morgan fingerprint density at radius 1 is 1.29 bits per heavy atom. The molecule has 0 fully saturated rings. The molecule has 0 aromatic carbocycles. The van der Waals surface area contributed by atoms with E-state index < -0.39 is 0 Å². The van der Waals surface area contributed by atoms with Crippen LogP contribution in [0.25, 0.3) is 0 Å². The van der Waals surface area contributed by atoms with Gasteiger partial charge in [0.15, 0.2) is 0 Å². The van der Waals surface area contributed by atoms with Crippen LogP contribution in [-0.2, 0) is 9.53 Å². The third kappa shape index (κ3) is 9.12. The lowest BCUT2D eigenvalue weighted by Gasteiger charge is -2.24. The molecule has 0 spiro atoms. The zero-order chi connectivity index (χ0) is 13.5. The second-order valence-corrected chi connectivity index (χ2v) is 5.69. The molecule has 102 valence electrons. The molecule has 0 heterocycles. The van der Waals surface area contributed by atoms with Crippen molar-refractivity contribution < 1.29 is 9.53 Å². The number of nitrogens with one attached hydrogen (secondary N) is 2. The molecule has 4 nitrogen and oxygen atoms in total. The van der Waals surface area contributed by atoms with Gasteiger partial charge in [-0.25, -0.2) is 0 Å². The smallest absolute Gasteiger partial charge is 0.234 e. The van der Waals surface area contributed by atoms with Gasteiger partial charge in [-0.3, -0.25) is 4.79 Å². The summed E-state index contributed by atoms with van der Waals surface area (Å²) in [6.07, 6.45) is 0. The highest BCUT2D eigenvalue weighted by molar-refractivity contribution is 5.78. The molecule has 0 saturated heterocycles. The lowest BCUT2D eigenvalue weighted by atomic mass is 10.1. The second kappa shape index (κ2) is 7.67. The number of hydrogen-bond donors (Lipinski definition) is 2. The van der Waals surface area contributed by atoms with E-state index in [1.807, 2.05) is 27.7 Å². The second-order valence-electron chi connectivity index (χ2n) is 5.69. The SMILES string of the molecule is CCOCC(NCC(=O)NC(C)(C)C)C(C)C. The van der Waals surface area contributed by atoms with E-state index in [0.717, 1.165) is 0 Å². The van der Waals surface area contributed by atoms with E-state index in [9.17, 15) is 4.79 Å². The zero-order valence-corrected chi connectivity index (χ0v) is 12.1. The highest BCUT2D eigenvalue weighted by Gasteiger charge is 2.17. The number of ether oxygens (including phenoxy) is 1. The molecule has 0 saturated carbocycles. The molecule has 0 bridgehead atoms. The van der Waals surface area contributed by atoms with Gasteiger partial charge in [0, 0.05) is 18.2 Å². The first-order chi connectivity index (χ1) is 7.76. The third-order valence-corrected chi connectivity index (χ3v) is 2.35. The first-order valence-electron chi connectivity index (χ1n) is 6.38. The molecule has 4 heteroatoms. The molecular weight excluding hydrogens is 216 g/mol. The molecule has 17 heavy (non-hydrogen) atoms. The molecule has 0 aliphatic rings. The summed E-state index contributed by atoms with van der Waals surface area (Å²) in [5.41, 5.74) is -0.175. The summed E-state index contributed by atoms with van der Waals surface area (Å²) < 4.78 is 5.40. The standard InChI is InChI=1S/C13H28N2O2/c1-7-17-9-11(10(2)3)14-8-12(16)15-13(4,5)6/h10-11,14H,7-9H2,1-6H3,(H,15,16). The molecule has 0 aliphatic carbocycles. The Morgan fingerprint density at radius 2 is 1.88 bits per heavy atom. The Balaban J connectivity index is 3.99. The Bertz CT molecular complexity index is 222. The average Bonchev–Trinajstić information content (AvgIpc) is 2.14. The van der Waals surface area contributed by atoms with Crippen molar-refractivity contribution in [2.24, 2.45) is 5.92 Å². The summed E-state index contributed by atoms with van der Waals surface area (Å²) in [5.74, 6) is 0.476. The number of rotatable bonds is 7. The van der Waals surface area contributed by atoms with Gasteiger partial charge >= 0.3 is 0 Å². The van der Waals surface area contributed by atoms with Crippen LogP contribution in [0.5, 0.6) is 0 Å². The van der Waals surface area contributed by atoms with Crippen LogP contribution in [0, 0.1) is 5.92 Å².